The minimum Gasteiger partial charge on any atom is -0.386 e. The Morgan fingerprint density at radius 3 is 2.56 bits per heavy atom. The molecule has 0 amide bonds. The van der Waals surface area contributed by atoms with Crippen LogP contribution in [0, 0.1) is 0 Å². The lowest BCUT2D eigenvalue weighted by molar-refractivity contribution is -0.276. The molecule has 5 nitrogen and oxygen atoms in total. The number of ether oxygens (including phenoxy) is 1. The molecule has 0 radical (unpaired) electrons. The van der Waals surface area contributed by atoms with Crippen LogP contribution in [0.4, 0.5) is 13.2 Å². The molecule has 0 bridgehead atoms. The van der Waals surface area contributed by atoms with E-state index in [1.165, 1.54) is 18.3 Å². The fourth-order valence-corrected chi connectivity index (χ4v) is 1.22. The molecule has 2 rings (SSSR count). The van der Waals surface area contributed by atoms with E-state index >= 15 is 0 Å². The lowest BCUT2D eigenvalue weighted by Gasteiger charge is -2.07. The number of nitrogens with zero attached hydrogens (tertiary/aromatic N) is 2. The van der Waals surface area contributed by atoms with E-state index in [9.17, 15) is 18.0 Å². The van der Waals surface area contributed by atoms with Gasteiger partial charge >= 0.3 is 6.36 Å². The van der Waals surface area contributed by atoms with Gasteiger partial charge in [-0.2, -0.15) is 0 Å². The van der Waals surface area contributed by atoms with Crippen LogP contribution >= 0.6 is 0 Å². The predicted molar refractivity (Wildman–Crippen MR) is 54.8 cm³/mol. The number of hydrogen-bond acceptors (Lipinski definition) is 4. The van der Waals surface area contributed by atoms with Gasteiger partial charge in [0.05, 0.1) is 18.1 Å². The summed E-state index contributed by atoms with van der Waals surface area (Å²) >= 11 is 0. The fourth-order valence-electron chi connectivity index (χ4n) is 1.22. The van der Waals surface area contributed by atoms with Crippen LogP contribution in [0.5, 0.6) is 5.88 Å². The number of rotatable bonds is 2. The molecule has 94 valence electrons. The van der Waals surface area contributed by atoms with Crippen molar-refractivity contribution in [3.8, 4) is 17.3 Å². The van der Waals surface area contributed by atoms with Crippen LogP contribution in [-0.2, 0) is 0 Å². The highest BCUT2D eigenvalue weighted by Gasteiger charge is 2.31. The summed E-state index contributed by atoms with van der Waals surface area (Å²) in [4.78, 5) is 21.0. The first-order valence-corrected chi connectivity index (χ1v) is 4.71. The number of pyridine rings is 1. The number of aromatic amines is 1. The predicted octanol–water partition coefficient (Wildman–Crippen LogP) is 1.73. The molecule has 0 spiro atoms. The molecule has 2 aromatic rings. The first kappa shape index (κ1) is 12.1. The summed E-state index contributed by atoms with van der Waals surface area (Å²) in [6.07, 6.45) is -1.50. The monoisotopic (exact) mass is 257 g/mol. The van der Waals surface area contributed by atoms with Crippen molar-refractivity contribution in [2.45, 2.75) is 6.36 Å². The first-order valence-electron chi connectivity index (χ1n) is 4.71. The molecule has 0 aliphatic carbocycles. The smallest absolute Gasteiger partial charge is 0.386 e. The van der Waals surface area contributed by atoms with E-state index in [-0.39, 0.29) is 11.1 Å². The van der Waals surface area contributed by atoms with E-state index in [0.29, 0.717) is 5.69 Å². The molecule has 0 fully saturated rings. The summed E-state index contributed by atoms with van der Waals surface area (Å²) in [5.74, 6) is -0.662. The van der Waals surface area contributed by atoms with Crippen LogP contribution in [0.25, 0.3) is 11.4 Å². The molecule has 0 saturated carbocycles. The maximum Gasteiger partial charge on any atom is 0.574 e. The molecule has 0 atom stereocenters. The van der Waals surface area contributed by atoms with Crippen molar-refractivity contribution in [3.63, 3.8) is 0 Å². The van der Waals surface area contributed by atoms with E-state index in [0.717, 1.165) is 12.4 Å². The van der Waals surface area contributed by atoms with Crippen LogP contribution in [-0.4, -0.2) is 21.3 Å². The lowest BCUT2D eigenvalue weighted by atomic mass is 10.3. The highest BCUT2D eigenvalue weighted by molar-refractivity contribution is 5.52. The van der Waals surface area contributed by atoms with Gasteiger partial charge in [0.15, 0.2) is 5.43 Å². The van der Waals surface area contributed by atoms with Gasteiger partial charge < -0.3 is 9.72 Å². The molecular formula is C10H6F3N3O2. The average molecular weight is 257 g/mol. The molecular weight excluding hydrogens is 251 g/mol. The zero-order chi connectivity index (χ0) is 13.2. The van der Waals surface area contributed by atoms with Crippen molar-refractivity contribution >= 4 is 0 Å². The summed E-state index contributed by atoms with van der Waals surface area (Å²) in [5.41, 5.74) is 0.344. The molecule has 0 aliphatic heterocycles. The Morgan fingerprint density at radius 2 is 2.00 bits per heavy atom. The standard InChI is InChI=1S/C10H6F3N3O2/c11-10(12,13)18-9-5-15-8(4-16-9)7-3-6(17)1-2-14-7/h1-5H,(H,14,17). The van der Waals surface area contributed by atoms with Crippen molar-refractivity contribution in [2.75, 3.05) is 0 Å². The van der Waals surface area contributed by atoms with Crippen LogP contribution in [0.1, 0.15) is 0 Å². The van der Waals surface area contributed by atoms with E-state index in [2.05, 4.69) is 19.7 Å². The third-order valence-corrected chi connectivity index (χ3v) is 1.90. The van der Waals surface area contributed by atoms with Gasteiger partial charge in [0.2, 0.25) is 5.88 Å². The Kier molecular flexibility index (Phi) is 3.00. The van der Waals surface area contributed by atoms with Crippen LogP contribution < -0.4 is 10.2 Å². The second-order valence-corrected chi connectivity index (χ2v) is 3.23. The fraction of sp³-hybridized carbons (Fsp3) is 0.100. The molecule has 0 aromatic carbocycles. The summed E-state index contributed by atoms with van der Waals surface area (Å²) in [5, 5.41) is 0. The summed E-state index contributed by atoms with van der Waals surface area (Å²) in [6.45, 7) is 0. The molecule has 0 unspecified atom stereocenters. The number of hydrogen-bond donors (Lipinski definition) is 1. The normalized spacial score (nSPS) is 11.3. The number of H-pyrrole nitrogens is 1. The van der Waals surface area contributed by atoms with Crippen molar-refractivity contribution in [2.24, 2.45) is 0 Å². The number of nitrogens with one attached hydrogen (secondary N) is 1. The van der Waals surface area contributed by atoms with Crippen LogP contribution in [0.3, 0.4) is 0 Å². The van der Waals surface area contributed by atoms with E-state index < -0.39 is 12.2 Å². The topological polar surface area (TPSA) is 67.9 Å². The highest BCUT2D eigenvalue weighted by atomic mass is 19.4. The number of aromatic nitrogens is 3. The Morgan fingerprint density at radius 1 is 1.22 bits per heavy atom. The molecule has 0 aliphatic rings. The summed E-state index contributed by atoms with van der Waals surface area (Å²) in [6, 6.07) is 2.56. The largest absolute Gasteiger partial charge is 0.574 e. The van der Waals surface area contributed by atoms with E-state index in [1.807, 2.05) is 0 Å². The van der Waals surface area contributed by atoms with Crippen molar-refractivity contribution < 1.29 is 17.9 Å². The maximum atomic E-state index is 11.9. The quantitative estimate of drug-likeness (QED) is 0.889. The number of alkyl halides is 3. The average Bonchev–Trinajstić information content (AvgIpc) is 2.28. The van der Waals surface area contributed by atoms with Gasteiger partial charge in [-0.3, -0.25) is 4.79 Å². The van der Waals surface area contributed by atoms with Crippen LogP contribution in [0.2, 0.25) is 0 Å². The minimum absolute atomic E-state index is 0.238. The third kappa shape index (κ3) is 3.06. The highest BCUT2D eigenvalue weighted by Crippen LogP contribution is 2.20. The van der Waals surface area contributed by atoms with Gasteiger partial charge in [0.25, 0.3) is 0 Å². The van der Waals surface area contributed by atoms with Gasteiger partial charge in [-0.1, -0.05) is 0 Å². The SMILES string of the molecule is O=c1cc[nH]c(-c2cnc(OC(F)(F)F)cn2)c1. The van der Waals surface area contributed by atoms with Gasteiger partial charge in [-0.05, 0) is 0 Å². The van der Waals surface area contributed by atoms with Gasteiger partial charge in [-0.25, -0.2) is 9.97 Å². The van der Waals surface area contributed by atoms with Gasteiger partial charge in [-0.15, -0.1) is 13.2 Å². The van der Waals surface area contributed by atoms with Crippen LogP contribution in [0.15, 0.2) is 35.5 Å². The van der Waals surface area contributed by atoms with Crippen molar-refractivity contribution in [1.82, 2.24) is 15.0 Å². The Hall–Kier alpha value is -2.38. The third-order valence-electron chi connectivity index (χ3n) is 1.90. The van der Waals surface area contributed by atoms with Gasteiger partial charge in [0, 0.05) is 18.3 Å². The molecule has 18 heavy (non-hydrogen) atoms. The summed E-state index contributed by atoms with van der Waals surface area (Å²) < 4.78 is 39.2. The number of halogens is 3. The molecule has 2 heterocycles. The Bertz CT molecular complexity index is 592. The second-order valence-electron chi connectivity index (χ2n) is 3.23. The summed E-state index contributed by atoms with van der Waals surface area (Å²) in [7, 11) is 0. The molecule has 8 heteroatoms. The zero-order valence-electron chi connectivity index (χ0n) is 8.73. The second kappa shape index (κ2) is 4.47. The van der Waals surface area contributed by atoms with E-state index in [1.54, 1.807) is 0 Å². The molecule has 0 saturated heterocycles. The molecule has 1 N–H and O–H groups in total. The first-order chi connectivity index (χ1) is 8.44. The van der Waals surface area contributed by atoms with Crippen molar-refractivity contribution in [3.05, 3.63) is 40.9 Å². The maximum absolute atomic E-state index is 11.9. The molecule has 2 aromatic heterocycles. The van der Waals surface area contributed by atoms with E-state index in [4.69, 9.17) is 0 Å². The lowest BCUT2D eigenvalue weighted by Crippen LogP contribution is -2.18. The zero-order valence-corrected chi connectivity index (χ0v) is 8.73. The van der Waals surface area contributed by atoms with Crippen molar-refractivity contribution in [1.29, 1.82) is 0 Å². The Balaban J connectivity index is 2.25. The Labute approximate surface area is 98.3 Å². The van der Waals surface area contributed by atoms with Gasteiger partial charge in [0.1, 0.15) is 5.69 Å². The minimum atomic E-state index is -4.81.